The van der Waals surface area contributed by atoms with E-state index in [0.717, 1.165) is 19.5 Å². The van der Waals surface area contributed by atoms with Gasteiger partial charge in [-0.15, -0.1) is 24.0 Å². The Labute approximate surface area is 180 Å². The summed E-state index contributed by atoms with van der Waals surface area (Å²) in [5.41, 5.74) is 0.453. The predicted octanol–water partition coefficient (Wildman–Crippen LogP) is 3.17. The quantitative estimate of drug-likeness (QED) is 0.181. The first kappa shape index (κ1) is 25.7. The Hall–Kier alpha value is -1.29. The summed E-state index contributed by atoms with van der Waals surface area (Å²) in [6, 6.07) is 2.78. The maximum Gasteiger partial charge on any atom is 0.341 e. The molecule has 1 aromatic rings. The fourth-order valence-electron chi connectivity index (χ4n) is 2.92. The van der Waals surface area contributed by atoms with Gasteiger partial charge < -0.3 is 19.8 Å². The maximum absolute atomic E-state index is 11.6. The largest absolute Gasteiger partial charge is 0.465 e. The summed E-state index contributed by atoms with van der Waals surface area (Å²) < 4.78 is 10.3. The number of rotatable bonds is 9. The van der Waals surface area contributed by atoms with Crippen LogP contribution in [0.15, 0.2) is 15.5 Å². The Morgan fingerprint density at radius 2 is 1.89 bits per heavy atom. The molecule has 0 aliphatic rings. The molecule has 0 fully saturated rings. The normalized spacial score (nSPS) is 11.7. The third-order valence-electron chi connectivity index (χ3n) is 4.24. The van der Waals surface area contributed by atoms with Crippen LogP contribution in [0, 0.1) is 6.92 Å². The van der Waals surface area contributed by atoms with Crippen LogP contribution < -0.4 is 10.6 Å². The van der Waals surface area contributed by atoms with Gasteiger partial charge in [0, 0.05) is 32.2 Å². The Kier molecular flexibility index (Phi) is 12.4. The van der Waals surface area contributed by atoms with Gasteiger partial charge in [0.1, 0.15) is 17.1 Å². The van der Waals surface area contributed by atoms with Crippen molar-refractivity contribution < 1.29 is 13.9 Å². The van der Waals surface area contributed by atoms with E-state index in [4.69, 9.17) is 9.15 Å². The number of methoxy groups -OCH3 is 1. The minimum atomic E-state index is -0.389. The first-order valence-corrected chi connectivity index (χ1v) is 9.18. The molecule has 2 N–H and O–H groups in total. The molecule has 1 aromatic heterocycles. The van der Waals surface area contributed by atoms with E-state index in [1.54, 1.807) is 20.0 Å². The summed E-state index contributed by atoms with van der Waals surface area (Å²) in [4.78, 5) is 18.3. The van der Waals surface area contributed by atoms with Crippen LogP contribution in [0.25, 0.3) is 0 Å². The standard InChI is InChI=1S/C19H34N4O3.HI/c1-13(2)23(14(3)4)10-8-9-21-19(20-6)22-12-16-11-17(15(5)26-16)18(24)25-7;/h11,13-14H,8-10,12H2,1-7H3,(H2,20,21,22);1H. The molecule has 1 heterocycles. The monoisotopic (exact) mass is 494 g/mol. The highest BCUT2D eigenvalue weighted by molar-refractivity contribution is 14.0. The highest BCUT2D eigenvalue weighted by atomic mass is 127. The highest BCUT2D eigenvalue weighted by Crippen LogP contribution is 2.15. The first-order valence-electron chi connectivity index (χ1n) is 9.18. The minimum Gasteiger partial charge on any atom is -0.465 e. The number of halogens is 1. The van der Waals surface area contributed by atoms with Crippen molar-refractivity contribution >= 4 is 35.9 Å². The van der Waals surface area contributed by atoms with E-state index in [0.29, 0.717) is 41.7 Å². The average Bonchev–Trinajstić information content (AvgIpc) is 2.96. The number of aryl methyl sites for hydroxylation is 1. The number of carbonyl (C=O) groups excluding carboxylic acids is 1. The van der Waals surface area contributed by atoms with Gasteiger partial charge in [-0.2, -0.15) is 0 Å². The summed E-state index contributed by atoms with van der Waals surface area (Å²) in [6.07, 6.45) is 1.03. The molecular weight excluding hydrogens is 459 g/mol. The van der Waals surface area contributed by atoms with Crippen LogP contribution in [-0.2, 0) is 11.3 Å². The predicted molar refractivity (Wildman–Crippen MR) is 120 cm³/mol. The zero-order valence-electron chi connectivity index (χ0n) is 17.6. The summed E-state index contributed by atoms with van der Waals surface area (Å²) in [7, 11) is 3.09. The van der Waals surface area contributed by atoms with Crippen molar-refractivity contribution in [1.29, 1.82) is 0 Å². The van der Waals surface area contributed by atoms with E-state index >= 15 is 0 Å². The van der Waals surface area contributed by atoms with E-state index in [1.165, 1.54) is 7.11 Å². The number of furan rings is 1. The van der Waals surface area contributed by atoms with Gasteiger partial charge in [-0.25, -0.2) is 4.79 Å². The Morgan fingerprint density at radius 1 is 1.26 bits per heavy atom. The number of esters is 1. The number of nitrogens with zero attached hydrogens (tertiary/aromatic N) is 2. The van der Waals surface area contributed by atoms with Crippen LogP contribution in [0.1, 0.15) is 56.0 Å². The van der Waals surface area contributed by atoms with Crippen molar-refractivity contribution in [2.75, 3.05) is 27.2 Å². The van der Waals surface area contributed by atoms with E-state index in [-0.39, 0.29) is 29.9 Å². The van der Waals surface area contributed by atoms with E-state index in [9.17, 15) is 4.79 Å². The van der Waals surface area contributed by atoms with Gasteiger partial charge in [0.2, 0.25) is 0 Å². The number of hydrogen-bond donors (Lipinski definition) is 2. The van der Waals surface area contributed by atoms with Gasteiger partial charge in [-0.3, -0.25) is 9.89 Å². The fourth-order valence-corrected chi connectivity index (χ4v) is 2.92. The molecule has 0 radical (unpaired) electrons. The molecule has 7 nitrogen and oxygen atoms in total. The SMILES string of the molecule is CN=C(NCCCN(C(C)C)C(C)C)NCc1cc(C(=O)OC)c(C)o1.I. The zero-order chi connectivity index (χ0) is 19.7. The first-order chi connectivity index (χ1) is 12.3. The maximum atomic E-state index is 11.6. The topological polar surface area (TPSA) is 79.1 Å². The number of guanidine groups is 1. The van der Waals surface area contributed by atoms with Gasteiger partial charge in [-0.1, -0.05) is 0 Å². The molecule has 8 heteroatoms. The van der Waals surface area contributed by atoms with Gasteiger partial charge in [0.05, 0.1) is 13.7 Å². The van der Waals surface area contributed by atoms with Gasteiger partial charge in [0.25, 0.3) is 0 Å². The van der Waals surface area contributed by atoms with Crippen LogP contribution in [0.5, 0.6) is 0 Å². The second-order valence-electron chi connectivity index (χ2n) is 6.81. The highest BCUT2D eigenvalue weighted by Gasteiger charge is 2.15. The summed E-state index contributed by atoms with van der Waals surface area (Å²) in [5.74, 6) is 1.54. The smallest absolute Gasteiger partial charge is 0.341 e. The van der Waals surface area contributed by atoms with Crippen molar-refractivity contribution in [1.82, 2.24) is 15.5 Å². The minimum absolute atomic E-state index is 0. The molecule has 0 amide bonds. The molecule has 0 aromatic carbocycles. The molecule has 0 aliphatic carbocycles. The van der Waals surface area contributed by atoms with Gasteiger partial charge in [-0.05, 0) is 47.1 Å². The number of carbonyl (C=O) groups is 1. The molecule has 0 saturated heterocycles. The Bertz CT molecular complexity index is 592. The van der Waals surface area contributed by atoms with Crippen LogP contribution >= 0.6 is 24.0 Å². The number of aliphatic imine (C=N–C) groups is 1. The lowest BCUT2D eigenvalue weighted by atomic mass is 10.2. The molecule has 27 heavy (non-hydrogen) atoms. The third-order valence-corrected chi connectivity index (χ3v) is 4.24. The van der Waals surface area contributed by atoms with Gasteiger partial charge >= 0.3 is 5.97 Å². The Morgan fingerprint density at radius 3 is 2.41 bits per heavy atom. The number of hydrogen-bond acceptors (Lipinski definition) is 5. The molecule has 0 spiro atoms. The lowest BCUT2D eigenvalue weighted by Gasteiger charge is -2.30. The number of nitrogens with one attached hydrogen (secondary N) is 2. The van der Waals surface area contributed by atoms with Crippen LogP contribution in [0.3, 0.4) is 0 Å². The molecule has 0 saturated carbocycles. The summed E-state index contributed by atoms with van der Waals surface area (Å²) in [5, 5.41) is 6.50. The van der Waals surface area contributed by atoms with Crippen molar-refractivity contribution in [3.8, 4) is 0 Å². The van der Waals surface area contributed by atoms with Crippen molar-refractivity contribution in [3.05, 3.63) is 23.2 Å². The van der Waals surface area contributed by atoms with E-state index in [1.807, 2.05) is 0 Å². The van der Waals surface area contributed by atoms with Crippen molar-refractivity contribution in [2.24, 2.45) is 4.99 Å². The molecule has 0 aliphatic heterocycles. The second kappa shape index (κ2) is 13.0. The van der Waals surface area contributed by atoms with Gasteiger partial charge in [0.15, 0.2) is 5.96 Å². The molecule has 0 bridgehead atoms. The lowest BCUT2D eigenvalue weighted by Crippen LogP contribution is -2.41. The van der Waals surface area contributed by atoms with Crippen LogP contribution in [-0.4, -0.2) is 56.2 Å². The average molecular weight is 494 g/mol. The third kappa shape index (κ3) is 8.50. The summed E-state index contributed by atoms with van der Waals surface area (Å²) in [6.45, 7) is 13.0. The molecule has 156 valence electrons. The van der Waals surface area contributed by atoms with Crippen LogP contribution in [0.2, 0.25) is 0 Å². The number of ether oxygens (including phenoxy) is 1. The lowest BCUT2D eigenvalue weighted by molar-refractivity contribution is 0.0599. The second-order valence-corrected chi connectivity index (χ2v) is 6.81. The molecule has 0 unspecified atom stereocenters. The fraction of sp³-hybridized carbons (Fsp3) is 0.684. The van der Waals surface area contributed by atoms with Crippen molar-refractivity contribution in [3.63, 3.8) is 0 Å². The molecule has 1 rings (SSSR count). The zero-order valence-corrected chi connectivity index (χ0v) is 19.9. The van der Waals surface area contributed by atoms with E-state index < -0.39 is 0 Å². The summed E-state index contributed by atoms with van der Waals surface area (Å²) >= 11 is 0. The van der Waals surface area contributed by atoms with E-state index in [2.05, 4.69) is 48.2 Å². The van der Waals surface area contributed by atoms with Crippen LogP contribution in [0.4, 0.5) is 0 Å². The molecule has 0 atom stereocenters. The molecular formula is C19H35IN4O3. The Balaban J connectivity index is 0.00000676. The van der Waals surface area contributed by atoms with Crippen molar-refractivity contribution in [2.45, 2.75) is 59.7 Å².